The van der Waals surface area contributed by atoms with Gasteiger partial charge >= 0.3 is 0 Å². The van der Waals surface area contributed by atoms with E-state index in [1.807, 2.05) is 35.2 Å². The van der Waals surface area contributed by atoms with Gasteiger partial charge in [0.1, 0.15) is 0 Å². The van der Waals surface area contributed by atoms with E-state index in [0.29, 0.717) is 32.5 Å². The van der Waals surface area contributed by atoms with Gasteiger partial charge in [0.25, 0.3) is 0 Å². The number of rotatable bonds is 7. The molecule has 154 valence electrons. The van der Waals surface area contributed by atoms with Crippen LogP contribution in [0, 0.1) is 5.92 Å². The zero-order valence-electron chi connectivity index (χ0n) is 17.8. The average Bonchev–Trinajstić information content (AvgIpc) is 3.04. The van der Waals surface area contributed by atoms with Gasteiger partial charge in [-0.15, -0.1) is 0 Å². The monoisotopic (exact) mass is 392 g/mol. The molecule has 1 unspecified atom stereocenters. The first-order chi connectivity index (χ1) is 13.8. The molecule has 1 heterocycles. The van der Waals surface area contributed by atoms with Crippen LogP contribution in [0.25, 0.3) is 0 Å². The second-order valence-corrected chi connectivity index (χ2v) is 9.08. The van der Waals surface area contributed by atoms with Crippen LogP contribution in [0.1, 0.15) is 50.3 Å². The van der Waals surface area contributed by atoms with Gasteiger partial charge in [0.2, 0.25) is 11.8 Å². The molecule has 0 aromatic heterocycles. The average molecular weight is 393 g/mol. The topological polar surface area (TPSA) is 49.4 Å². The molecule has 1 N–H and O–H groups in total. The van der Waals surface area contributed by atoms with Crippen molar-refractivity contribution >= 4 is 11.8 Å². The molecule has 1 fully saturated rings. The number of nitrogens with one attached hydrogen (secondary N) is 1. The number of hydrogen-bond acceptors (Lipinski definition) is 2. The number of hydrogen-bond donors (Lipinski definition) is 1. The van der Waals surface area contributed by atoms with E-state index in [0.717, 1.165) is 12.0 Å². The molecule has 1 atom stereocenters. The van der Waals surface area contributed by atoms with E-state index >= 15 is 0 Å². The Labute approximate surface area is 174 Å². The van der Waals surface area contributed by atoms with Crippen molar-refractivity contribution < 1.29 is 9.59 Å². The molecule has 29 heavy (non-hydrogen) atoms. The summed E-state index contributed by atoms with van der Waals surface area (Å²) in [7, 11) is 0. The maximum atomic E-state index is 12.3. The summed E-state index contributed by atoms with van der Waals surface area (Å²) in [6.45, 7) is 8.52. The van der Waals surface area contributed by atoms with E-state index in [1.54, 1.807) is 0 Å². The van der Waals surface area contributed by atoms with Crippen LogP contribution in [0.2, 0.25) is 0 Å². The van der Waals surface area contributed by atoms with E-state index in [-0.39, 0.29) is 23.1 Å². The Morgan fingerprint density at radius 2 is 1.72 bits per heavy atom. The van der Waals surface area contributed by atoms with Crippen molar-refractivity contribution in [3.05, 3.63) is 71.3 Å². The molecular weight excluding hydrogens is 360 g/mol. The molecule has 3 rings (SSSR count). The van der Waals surface area contributed by atoms with Crippen molar-refractivity contribution in [2.75, 3.05) is 13.1 Å². The van der Waals surface area contributed by atoms with Crippen LogP contribution in [0.4, 0.5) is 0 Å². The molecule has 2 aromatic carbocycles. The van der Waals surface area contributed by atoms with Gasteiger partial charge in [-0.05, 0) is 28.5 Å². The van der Waals surface area contributed by atoms with E-state index in [1.165, 1.54) is 11.1 Å². The zero-order chi connectivity index (χ0) is 20.9. The highest BCUT2D eigenvalue weighted by atomic mass is 16.2. The molecule has 0 bridgehead atoms. The quantitative estimate of drug-likeness (QED) is 0.772. The number of likely N-dealkylation sites (tertiary alicyclic amines) is 1. The maximum Gasteiger partial charge on any atom is 0.223 e. The van der Waals surface area contributed by atoms with Gasteiger partial charge in [0.05, 0.1) is 0 Å². The Balaban J connectivity index is 1.40. The fourth-order valence-corrected chi connectivity index (χ4v) is 3.72. The minimum absolute atomic E-state index is 0.0545. The summed E-state index contributed by atoms with van der Waals surface area (Å²) in [6.07, 6.45) is 1.73. The Hall–Kier alpha value is -2.62. The number of carbonyl (C=O) groups is 2. The fourth-order valence-electron chi connectivity index (χ4n) is 3.72. The smallest absolute Gasteiger partial charge is 0.223 e. The third-order valence-electron chi connectivity index (χ3n) is 5.56. The highest BCUT2D eigenvalue weighted by molar-refractivity contribution is 5.79. The lowest BCUT2D eigenvalue weighted by molar-refractivity contribution is -0.128. The van der Waals surface area contributed by atoms with Crippen LogP contribution in [0.5, 0.6) is 0 Å². The molecule has 4 heteroatoms. The molecule has 1 saturated heterocycles. The summed E-state index contributed by atoms with van der Waals surface area (Å²) in [5, 5.41) is 3.02. The van der Waals surface area contributed by atoms with E-state index in [9.17, 15) is 9.59 Å². The first-order valence-corrected chi connectivity index (χ1v) is 10.5. The minimum Gasteiger partial charge on any atom is -0.356 e. The first-order valence-electron chi connectivity index (χ1n) is 10.5. The lowest BCUT2D eigenvalue weighted by Crippen LogP contribution is -2.31. The Kier molecular flexibility index (Phi) is 6.73. The van der Waals surface area contributed by atoms with Gasteiger partial charge < -0.3 is 10.2 Å². The van der Waals surface area contributed by atoms with Crippen LogP contribution >= 0.6 is 0 Å². The van der Waals surface area contributed by atoms with Crippen molar-refractivity contribution in [1.82, 2.24) is 10.2 Å². The Morgan fingerprint density at radius 1 is 1.03 bits per heavy atom. The minimum atomic E-state index is 0.0545. The number of carbonyl (C=O) groups excluding carboxylic acids is 2. The molecular formula is C25H32N2O2. The molecule has 2 aromatic rings. The molecule has 1 aliphatic heterocycles. The van der Waals surface area contributed by atoms with Crippen molar-refractivity contribution in [1.29, 1.82) is 0 Å². The second-order valence-electron chi connectivity index (χ2n) is 9.08. The van der Waals surface area contributed by atoms with Crippen LogP contribution in [-0.4, -0.2) is 29.8 Å². The van der Waals surface area contributed by atoms with E-state index in [4.69, 9.17) is 0 Å². The highest BCUT2D eigenvalue weighted by Crippen LogP contribution is 2.22. The second kappa shape index (κ2) is 9.25. The summed E-state index contributed by atoms with van der Waals surface area (Å²) < 4.78 is 0. The van der Waals surface area contributed by atoms with Crippen LogP contribution in [0.3, 0.4) is 0 Å². The van der Waals surface area contributed by atoms with Gasteiger partial charge in [-0.2, -0.15) is 0 Å². The third kappa shape index (κ3) is 6.18. The third-order valence-corrected chi connectivity index (χ3v) is 5.56. The predicted octanol–water partition coefficient (Wildman–Crippen LogP) is 4.08. The van der Waals surface area contributed by atoms with Gasteiger partial charge in [0.15, 0.2) is 0 Å². The largest absolute Gasteiger partial charge is 0.356 e. The molecule has 0 aliphatic carbocycles. The summed E-state index contributed by atoms with van der Waals surface area (Å²) in [6, 6.07) is 18.6. The summed E-state index contributed by atoms with van der Waals surface area (Å²) in [5.41, 5.74) is 3.76. The van der Waals surface area contributed by atoms with Crippen molar-refractivity contribution in [2.45, 2.75) is 52.0 Å². The highest BCUT2D eigenvalue weighted by Gasteiger charge is 2.29. The molecule has 4 nitrogen and oxygen atoms in total. The Bertz CT molecular complexity index is 822. The van der Waals surface area contributed by atoms with Crippen molar-refractivity contribution in [3.8, 4) is 0 Å². The van der Waals surface area contributed by atoms with Gasteiger partial charge in [-0.1, -0.05) is 75.4 Å². The van der Waals surface area contributed by atoms with Crippen molar-refractivity contribution in [2.24, 2.45) is 5.92 Å². The predicted molar refractivity (Wildman–Crippen MR) is 116 cm³/mol. The SMILES string of the molecule is CC(C)(C)c1ccc(CCC(=O)NCC2CC(=O)N(Cc3ccccc3)C2)cc1. The van der Waals surface area contributed by atoms with Crippen LogP contribution in [0.15, 0.2) is 54.6 Å². The van der Waals surface area contributed by atoms with Gasteiger partial charge in [-0.25, -0.2) is 0 Å². The molecule has 0 saturated carbocycles. The summed E-state index contributed by atoms with van der Waals surface area (Å²) >= 11 is 0. The lowest BCUT2D eigenvalue weighted by atomic mass is 9.86. The van der Waals surface area contributed by atoms with Gasteiger partial charge in [0, 0.05) is 38.4 Å². The van der Waals surface area contributed by atoms with E-state index < -0.39 is 0 Å². The normalized spacial score (nSPS) is 16.9. The summed E-state index contributed by atoms with van der Waals surface area (Å²) in [5.74, 6) is 0.423. The number of aryl methyl sites for hydroxylation is 1. The maximum absolute atomic E-state index is 12.3. The van der Waals surface area contributed by atoms with Gasteiger partial charge in [-0.3, -0.25) is 9.59 Å². The van der Waals surface area contributed by atoms with E-state index in [2.05, 4.69) is 50.4 Å². The van der Waals surface area contributed by atoms with Crippen molar-refractivity contribution in [3.63, 3.8) is 0 Å². The number of nitrogens with zero attached hydrogens (tertiary/aromatic N) is 1. The Morgan fingerprint density at radius 3 is 2.38 bits per heavy atom. The molecule has 2 amide bonds. The number of amides is 2. The standard InChI is InChI=1S/C25H32N2O2/c1-25(2,3)22-12-9-19(10-13-22)11-14-23(28)26-16-21-15-24(29)27(18-21)17-20-7-5-4-6-8-20/h4-10,12-13,21H,11,14-18H2,1-3H3,(H,26,28). The molecule has 1 aliphatic rings. The lowest BCUT2D eigenvalue weighted by Gasteiger charge is -2.19. The molecule has 0 radical (unpaired) electrons. The van der Waals surface area contributed by atoms with Crippen LogP contribution < -0.4 is 5.32 Å². The van der Waals surface area contributed by atoms with Crippen LogP contribution in [-0.2, 0) is 28.0 Å². The number of benzene rings is 2. The molecule has 0 spiro atoms. The summed E-state index contributed by atoms with van der Waals surface area (Å²) in [4.78, 5) is 26.4. The first kappa shape index (κ1) is 21.1. The zero-order valence-corrected chi connectivity index (χ0v) is 17.8. The fraction of sp³-hybridized carbons (Fsp3) is 0.440.